The van der Waals surface area contributed by atoms with E-state index in [0.717, 1.165) is 0 Å². The summed E-state index contributed by atoms with van der Waals surface area (Å²) in [4.78, 5) is 40.3. The average molecular weight is 425 g/mol. The fourth-order valence-corrected chi connectivity index (χ4v) is 3.11. The lowest BCUT2D eigenvalue weighted by atomic mass is 10.1. The summed E-state index contributed by atoms with van der Waals surface area (Å²) in [6, 6.07) is 15.5. The lowest BCUT2D eigenvalue weighted by molar-refractivity contribution is 0.0141. The maximum atomic E-state index is 12.8. The van der Waals surface area contributed by atoms with Gasteiger partial charge in [-0.3, -0.25) is 4.79 Å². The minimum absolute atomic E-state index is 0.107. The van der Waals surface area contributed by atoms with Gasteiger partial charge in [-0.2, -0.15) is 0 Å². The fourth-order valence-electron chi connectivity index (χ4n) is 3.11. The first-order valence-electron chi connectivity index (χ1n) is 10.2. The number of rotatable bonds is 3. The number of nitrogens with one attached hydrogen (secondary N) is 2. The Morgan fingerprint density at radius 2 is 1.29 bits per heavy atom. The lowest BCUT2D eigenvalue weighted by Gasteiger charge is -2.35. The van der Waals surface area contributed by atoms with Gasteiger partial charge >= 0.3 is 12.1 Å². The Morgan fingerprint density at radius 1 is 0.774 bits per heavy atom. The largest absolute Gasteiger partial charge is 0.444 e. The third-order valence-corrected chi connectivity index (χ3v) is 4.64. The van der Waals surface area contributed by atoms with Crippen molar-refractivity contribution < 1.29 is 19.1 Å². The number of amides is 4. The smallest absolute Gasteiger partial charge is 0.410 e. The van der Waals surface area contributed by atoms with Crippen molar-refractivity contribution in [1.29, 1.82) is 0 Å². The number of benzene rings is 2. The molecule has 1 heterocycles. The summed E-state index contributed by atoms with van der Waals surface area (Å²) >= 11 is 0. The minimum atomic E-state index is -0.544. The molecule has 31 heavy (non-hydrogen) atoms. The number of para-hydroxylation sites is 1. The average Bonchev–Trinajstić information content (AvgIpc) is 2.73. The summed E-state index contributed by atoms with van der Waals surface area (Å²) < 4.78 is 5.38. The van der Waals surface area contributed by atoms with Crippen molar-refractivity contribution in [1.82, 2.24) is 9.80 Å². The molecular weight excluding hydrogens is 396 g/mol. The zero-order valence-corrected chi connectivity index (χ0v) is 18.1. The molecule has 164 valence electrons. The Balaban J connectivity index is 1.50. The van der Waals surface area contributed by atoms with Gasteiger partial charge < -0.3 is 25.2 Å². The molecule has 1 aliphatic heterocycles. The quantitative estimate of drug-likeness (QED) is 0.779. The van der Waals surface area contributed by atoms with E-state index in [-0.39, 0.29) is 18.0 Å². The molecule has 0 spiro atoms. The van der Waals surface area contributed by atoms with Crippen LogP contribution in [-0.2, 0) is 4.74 Å². The Kier molecular flexibility index (Phi) is 6.79. The predicted octanol–water partition coefficient (Wildman–Crippen LogP) is 4.02. The van der Waals surface area contributed by atoms with Crippen LogP contribution in [0.4, 0.5) is 21.0 Å². The second kappa shape index (κ2) is 9.51. The van der Waals surface area contributed by atoms with Crippen LogP contribution >= 0.6 is 0 Å². The second-order valence-corrected chi connectivity index (χ2v) is 8.28. The van der Waals surface area contributed by atoms with Crippen LogP contribution in [0.5, 0.6) is 0 Å². The molecule has 2 N–H and O–H groups in total. The van der Waals surface area contributed by atoms with E-state index in [1.807, 2.05) is 39.0 Å². The molecule has 3 rings (SSSR count). The van der Waals surface area contributed by atoms with Crippen molar-refractivity contribution in [2.24, 2.45) is 0 Å². The molecule has 1 fully saturated rings. The van der Waals surface area contributed by atoms with E-state index < -0.39 is 5.60 Å². The minimum Gasteiger partial charge on any atom is -0.444 e. The fraction of sp³-hybridized carbons (Fsp3) is 0.348. The first-order chi connectivity index (χ1) is 14.7. The van der Waals surface area contributed by atoms with Crippen molar-refractivity contribution in [2.45, 2.75) is 26.4 Å². The molecule has 1 aliphatic rings. The molecule has 8 nitrogen and oxygen atoms in total. The van der Waals surface area contributed by atoms with E-state index in [0.29, 0.717) is 43.1 Å². The Bertz CT molecular complexity index is 915. The van der Waals surface area contributed by atoms with Crippen LogP contribution < -0.4 is 10.6 Å². The lowest BCUT2D eigenvalue weighted by Crippen LogP contribution is -2.51. The topological polar surface area (TPSA) is 91.0 Å². The second-order valence-electron chi connectivity index (χ2n) is 8.28. The molecule has 4 amide bonds. The number of nitrogens with zero attached hydrogens (tertiary/aromatic N) is 2. The molecule has 0 unspecified atom stereocenters. The monoisotopic (exact) mass is 424 g/mol. The van der Waals surface area contributed by atoms with Crippen LogP contribution in [0.15, 0.2) is 54.6 Å². The van der Waals surface area contributed by atoms with Gasteiger partial charge in [-0.25, -0.2) is 9.59 Å². The number of hydrogen-bond donors (Lipinski definition) is 2. The summed E-state index contributed by atoms with van der Waals surface area (Å²) in [5.74, 6) is -0.107. The molecule has 0 bridgehead atoms. The number of ether oxygens (including phenoxy) is 1. The van der Waals surface area contributed by atoms with Crippen molar-refractivity contribution in [3.63, 3.8) is 0 Å². The number of hydrogen-bond acceptors (Lipinski definition) is 4. The van der Waals surface area contributed by atoms with E-state index in [9.17, 15) is 14.4 Å². The van der Waals surface area contributed by atoms with Crippen LogP contribution in [0, 0.1) is 0 Å². The highest BCUT2D eigenvalue weighted by molar-refractivity contribution is 6.00. The van der Waals surface area contributed by atoms with Gasteiger partial charge in [-0.05, 0) is 57.2 Å². The summed E-state index contributed by atoms with van der Waals surface area (Å²) in [6.45, 7) is 7.23. The molecular formula is C23H28N4O4. The number of carbonyl (C=O) groups excluding carboxylic acids is 3. The molecule has 2 aromatic rings. The van der Waals surface area contributed by atoms with E-state index in [2.05, 4.69) is 10.6 Å². The third kappa shape index (κ3) is 6.47. The van der Waals surface area contributed by atoms with Gasteiger partial charge in [0.15, 0.2) is 0 Å². The number of anilines is 2. The van der Waals surface area contributed by atoms with E-state index in [1.54, 1.807) is 46.2 Å². The number of urea groups is 1. The SMILES string of the molecule is CC(C)(C)OC(=O)N1CCN(C(=O)c2ccc(NC(=O)Nc3ccccc3)cc2)CC1. The van der Waals surface area contributed by atoms with Crippen LogP contribution in [0.25, 0.3) is 0 Å². The zero-order valence-electron chi connectivity index (χ0n) is 18.1. The van der Waals surface area contributed by atoms with Gasteiger partial charge in [-0.1, -0.05) is 18.2 Å². The van der Waals surface area contributed by atoms with Crippen LogP contribution in [0.2, 0.25) is 0 Å². The van der Waals surface area contributed by atoms with Gasteiger partial charge in [0, 0.05) is 43.1 Å². The van der Waals surface area contributed by atoms with Gasteiger partial charge in [0.1, 0.15) is 5.60 Å². The summed E-state index contributed by atoms with van der Waals surface area (Å²) in [6.07, 6.45) is -0.358. The molecule has 0 aromatic heterocycles. The van der Waals surface area contributed by atoms with Crippen LogP contribution in [0.1, 0.15) is 31.1 Å². The molecule has 0 radical (unpaired) electrons. The molecule has 0 aliphatic carbocycles. The molecule has 8 heteroatoms. The normalized spacial score (nSPS) is 14.0. The van der Waals surface area contributed by atoms with Crippen molar-refractivity contribution in [3.8, 4) is 0 Å². The highest BCUT2D eigenvalue weighted by atomic mass is 16.6. The summed E-state index contributed by atoms with van der Waals surface area (Å²) in [7, 11) is 0. The molecule has 1 saturated heterocycles. The number of carbonyl (C=O) groups is 3. The molecule has 2 aromatic carbocycles. The zero-order chi connectivity index (χ0) is 22.4. The van der Waals surface area contributed by atoms with Crippen molar-refractivity contribution in [2.75, 3.05) is 36.8 Å². The van der Waals surface area contributed by atoms with Crippen molar-refractivity contribution in [3.05, 3.63) is 60.2 Å². The van der Waals surface area contributed by atoms with Crippen molar-refractivity contribution >= 4 is 29.4 Å². The summed E-state index contributed by atoms with van der Waals surface area (Å²) in [5.41, 5.74) is 1.26. The number of piperazine rings is 1. The summed E-state index contributed by atoms with van der Waals surface area (Å²) in [5, 5.41) is 5.48. The Labute approximate surface area is 182 Å². The Morgan fingerprint density at radius 3 is 1.84 bits per heavy atom. The van der Waals surface area contributed by atoms with Crippen LogP contribution in [0.3, 0.4) is 0 Å². The van der Waals surface area contributed by atoms with E-state index in [1.165, 1.54) is 0 Å². The molecule has 0 atom stereocenters. The van der Waals surface area contributed by atoms with Gasteiger partial charge in [-0.15, -0.1) is 0 Å². The Hall–Kier alpha value is -3.55. The first-order valence-corrected chi connectivity index (χ1v) is 10.2. The highest BCUT2D eigenvalue weighted by Crippen LogP contribution is 2.16. The van der Waals surface area contributed by atoms with Gasteiger partial charge in [0.25, 0.3) is 5.91 Å². The maximum Gasteiger partial charge on any atom is 0.410 e. The predicted molar refractivity (Wildman–Crippen MR) is 119 cm³/mol. The van der Waals surface area contributed by atoms with Gasteiger partial charge in [0.2, 0.25) is 0 Å². The molecule has 0 saturated carbocycles. The standard InChI is InChI=1S/C23H28N4O4/c1-23(2,3)31-22(30)27-15-13-26(14-16-27)20(28)17-9-11-19(12-10-17)25-21(29)24-18-7-5-4-6-8-18/h4-12H,13-16H2,1-3H3,(H2,24,25,29). The first kappa shape index (κ1) is 22.1. The van der Waals surface area contributed by atoms with Crippen LogP contribution in [-0.4, -0.2) is 59.6 Å². The maximum absolute atomic E-state index is 12.8. The third-order valence-electron chi connectivity index (χ3n) is 4.64. The van der Waals surface area contributed by atoms with E-state index >= 15 is 0 Å². The van der Waals surface area contributed by atoms with E-state index in [4.69, 9.17) is 4.74 Å². The highest BCUT2D eigenvalue weighted by Gasteiger charge is 2.28. The van der Waals surface area contributed by atoms with Gasteiger partial charge in [0.05, 0.1) is 0 Å².